The van der Waals surface area contributed by atoms with Crippen LogP contribution in [-0.4, -0.2) is 37.7 Å². The number of hydrogen-bond donors (Lipinski definition) is 2. The Morgan fingerprint density at radius 3 is 2.81 bits per heavy atom. The van der Waals surface area contributed by atoms with Crippen LogP contribution in [0, 0.1) is 28.1 Å². The summed E-state index contributed by atoms with van der Waals surface area (Å²) in [7, 11) is 0. The van der Waals surface area contributed by atoms with E-state index in [9.17, 15) is 10.2 Å². The maximum atomic E-state index is 10.7. The van der Waals surface area contributed by atoms with Gasteiger partial charge in [-0.25, -0.2) is 4.98 Å². The quantitative estimate of drug-likeness (QED) is 0.469. The lowest BCUT2D eigenvalue weighted by Gasteiger charge is -2.62. The van der Waals surface area contributed by atoms with Gasteiger partial charge in [-0.1, -0.05) is 37.3 Å². The topological polar surface area (TPSA) is 58.3 Å². The summed E-state index contributed by atoms with van der Waals surface area (Å²) < 4.78 is 2.23. The lowest BCUT2D eigenvalue weighted by atomic mass is 9.42. The predicted octanol–water partition coefficient (Wildman–Crippen LogP) is 5.44. The van der Waals surface area contributed by atoms with Crippen LogP contribution < -0.4 is 0 Å². The molecule has 4 aliphatic carbocycles. The Kier molecular flexibility index (Phi) is 5.63. The second-order valence-corrected chi connectivity index (χ2v) is 12.4. The lowest BCUT2D eigenvalue weighted by Crippen LogP contribution is -2.55. The third-order valence-electron chi connectivity index (χ3n) is 10.2. The number of thioether (sulfide) groups is 1. The summed E-state index contributed by atoms with van der Waals surface area (Å²) >= 11 is 1.88. The van der Waals surface area contributed by atoms with Crippen molar-refractivity contribution in [3.05, 3.63) is 24.0 Å². The number of aliphatic hydroxyl groups is 2. The highest BCUT2D eigenvalue weighted by atomic mass is 32.2. The molecule has 3 unspecified atom stereocenters. The smallest absolute Gasteiger partial charge is 0.167 e. The van der Waals surface area contributed by atoms with Gasteiger partial charge in [0.2, 0.25) is 0 Å². The van der Waals surface area contributed by atoms with Gasteiger partial charge in [0.25, 0.3) is 0 Å². The van der Waals surface area contributed by atoms with E-state index >= 15 is 0 Å². The molecule has 0 spiro atoms. The van der Waals surface area contributed by atoms with E-state index in [4.69, 9.17) is 0 Å². The minimum absolute atomic E-state index is 0.0752. The fourth-order valence-electron chi connectivity index (χ4n) is 8.16. The molecule has 1 aromatic heterocycles. The van der Waals surface area contributed by atoms with Crippen LogP contribution in [0.15, 0.2) is 29.2 Å². The molecule has 0 aliphatic heterocycles. The summed E-state index contributed by atoms with van der Waals surface area (Å²) in [5.41, 5.74) is 2.15. The highest BCUT2D eigenvalue weighted by Crippen LogP contribution is 2.69. The minimum atomic E-state index is -0.157. The van der Waals surface area contributed by atoms with Crippen molar-refractivity contribution < 1.29 is 10.2 Å². The maximum Gasteiger partial charge on any atom is 0.167 e. The molecule has 7 atom stereocenters. The first kappa shape index (κ1) is 22.0. The average molecular weight is 445 g/mol. The van der Waals surface area contributed by atoms with E-state index in [0.717, 1.165) is 56.0 Å². The van der Waals surface area contributed by atoms with Gasteiger partial charge in [-0.2, -0.15) is 0 Å². The van der Waals surface area contributed by atoms with Crippen molar-refractivity contribution >= 4 is 11.8 Å². The molecule has 3 saturated carbocycles. The third-order valence-corrected chi connectivity index (χ3v) is 11.2. The van der Waals surface area contributed by atoms with Crippen molar-refractivity contribution in [2.75, 3.05) is 5.75 Å². The molecule has 172 valence electrons. The summed E-state index contributed by atoms with van der Waals surface area (Å²) in [6.07, 6.45) is 16.0. The maximum absolute atomic E-state index is 10.7. The van der Waals surface area contributed by atoms with Gasteiger partial charge < -0.3 is 14.8 Å². The molecule has 1 aromatic rings. The number of allylic oxidation sites excluding steroid dienone is 2. The van der Waals surface area contributed by atoms with Crippen LogP contribution in [0.25, 0.3) is 0 Å². The highest BCUT2D eigenvalue weighted by Gasteiger charge is 2.61. The van der Waals surface area contributed by atoms with Crippen LogP contribution >= 0.6 is 11.8 Å². The van der Waals surface area contributed by atoms with E-state index in [0.29, 0.717) is 11.8 Å². The first-order chi connectivity index (χ1) is 14.8. The molecule has 2 N–H and O–H groups in total. The number of aliphatic hydroxyl groups excluding tert-OH is 2. The fourth-order valence-corrected chi connectivity index (χ4v) is 9.32. The normalized spacial score (nSPS) is 44.4. The molecule has 0 radical (unpaired) electrons. The summed E-state index contributed by atoms with van der Waals surface area (Å²) in [5, 5.41) is 22.6. The van der Waals surface area contributed by atoms with Gasteiger partial charge >= 0.3 is 0 Å². The van der Waals surface area contributed by atoms with E-state index in [1.165, 1.54) is 19.3 Å². The van der Waals surface area contributed by atoms with Crippen LogP contribution in [0.5, 0.6) is 0 Å². The Morgan fingerprint density at radius 1 is 1.16 bits per heavy atom. The SMILES string of the molecule is CCn1ccnc1SCCC12CC[C@@H]3C(=CC[C@]4(C)C(O)CC[C@@H]34)[C@@]1(C)CCC(O)C2. The molecule has 3 fully saturated rings. The Balaban J connectivity index is 1.41. The van der Waals surface area contributed by atoms with Gasteiger partial charge in [-0.05, 0) is 87.4 Å². The van der Waals surface area contributed by atoms with Gasteiger partial charge in [-0.3, -0.25) is 0 Å². The molecule has 4 nitrogen and oxygen atoms in total. The molecule has 0 aromatic carbocycles. The zero-order chi connectivity index (χ0) is 21.9. The van der Waals surface area contributed by atoms with E-state index in [2.05, 4.69) is 42.6 Å². The Morgan fingerprint density at radius 2 is 2.00 bits per heavy atom. The van der Waals surface area contributed by atoms with Crippen molar-refractivity contribution in [1.82, 2.24) is 9.55 Å². The van der Waals surface area contributed by atoms with Gasteiger partial charge in [0.1, 0.15) is 0 Å². The Labute approximate surface area is 191 Å². The van der Waals surface area contributed by atoms with Crippen LogP contribution in [0.2, 0.25) is 0 Å². The number of rotatable bonds is 5. The first-order valence-electron chi connectivity index (χ1n) is 12.5. The highest BCUT2D eigenvalue weighted by molar-refractivity contribution is 7.99. The molecule has 5 rings (SSSR count). The van der Waals surface area contributed by atoms with Crippen LogP contribution in [0.4, 0.5) is 0 Å². The number of aromatic nitrogens is 2. The zero-order valence-electron chi connectivity index (χ0n) is 19.5. The first-order valence-corrected chi connectivity index (χ1v) is 13.5. The largest absolute Gasteiger partial charge is 0.393 e. The molecule has 5 heteroatoms. The minimum Gasteiger partial charge on any atom is -0.393 e. The van der Waals surface area contributed by atoms with Crippen molar-refractivity contribution in [3.8, 4) is 0 Å². The van der Waals surface area contributed by atoms with Gasteiger partial charge in [0.05, 0.1) is 12.2 Å². The number of fused-ring (bicyclic) bond motifs is 5. The summed E-state index contributed by atoms with van der Waals surface area (Å²) in [6, 6.07) is 0. The summed E-state index contributed by atoms with van der Waals surface area (Å²) in [4.78, 5) is 4.56. The third kappa shape index (κ3) is 3.28. The second-order valence-electron chi connectivity index (χ2n) is 11.3. The standard InChI is InChI=1S/C26H40N2O2S/c1-4-28-15-14-27-23(28)31-16-13-26-12-8-19-20-5-6-22(30)24(20,2)10-9-21(19)25(26,3)11-7-18(29)17-26/h9,14-15,18-20,22,29-30H,4-8,10-13,16-17H2,1-3H3/t18?,19-,20-,22?,24-,25+,26?/m0/s1. The fraction of sp³-hybridized carbons (Fsp3) is 0.808. The van der Waals surface area contributed by atoms with Gasteiger partial charge in [0.15, 0.2) is 5.16 Å². The molecule has 0 bridgehead atoms. The number of nitrogens with zero attached hydrogens (tertiary/aromatic N) is 2. The van der Waals surface area contributed by atoms with Crippen molar-refractivity contribution in [2.24, 2.45) is 28.1 Å². The van der Waals surface area contributed by atoms with E-state index in [1.807, 2.05) is 18.0 Å². The monoisotopic (exact) mass is 444 g/mol. The molecule has 0 saturated heterocycles. The van der Waals surface area contributed by atoms with E-state index in [1.54, 1.807) is 5.57 Å². The van der Waals surface area contributed by atoms with E-state index in [-0.39, 0.29) is 28.5 Å². The van der Waals surface area contributed by atoms with Gasteiger partial charge in [-0.15, -0.1) is 0 Å². The zero-order valence-corrected chi connectivity index (χ0v) is 20.3. The van der Waals surface area contributed by atoms with Crippen molar-refractivity contribution in [3.63, 3.8) is 0 Å². The molecule has 4 aliphatic rings. The molecule has 1 heterocycles. The molecular formula is C26H40N2O2S. The molecule has 31 heavy (non-hydrogen) atoms. The van der Waals surface area contributed by atoms with E-state index < -0.39 is 0 Å². The van der Waals surface area contributed by atoms with Crippen LogP contribution in [0.1, 0.15) is 78.6 Å². The Hall–Kier alpha value is -0.780. The average Bonchev–Trinajstić information content (AvgIpc) is 3.33. The Bertz CT molecular complexity index is 852. The number of aryl methyl sites for hydroxylation is 1. The lowest BCUT2D eigenvalue weighted by molar-refractivity contribution is -0.0866. The summed E-state index contributed by atoms with van der Waals surface area (Å²) in [6.45, 7) is 8.00. The summed E-state index contributed by atoms with van der Waals surface area (Å²) in [5.74, 6) is 2.34. The van der Waals surface area contributed by atoms with Gasteiger partial charge in [0, 0.05) is 30.1 Å². The predicted molar refractivity (Wildman–Crippen MR) is 126 cm³/mol. The van der Waals surface area contributed by atoms with Crippen LogP contribution in [-0.2, 0) is 6.54 Å². The molecular weight excluding hydrogens is 404 g/mol. The number of hydrogen-bond acceptors (Lipinski definition) is 4. The second kappa shape index (κ2) is 7.92. The van der Waals surface area contributed by atoms with Crippen molar-refractivity contribution in [2.45, 2.75) is 102 Å². The number of imidazole rings is 1. The molecule has 0 amide bonds. The van der Waals surface area contributed by atoms with Crippen LogP contribution in [0.3, 0.4) is 0 Å². The van der Waals surface area contributed by atoms with Crippen molar-refractivity contribution in [1.29, 1.82) is 0 Å².